The van der Waals surface area contributed by atoms with E-state index in [-0.39, 0.29) is 0 Å². The zero-order valence-corrected chi connectivity index (χ0v) is 15.7. The second kappa shape index (κ2) is 8.56. The van der Waals surface area contributed by atoms with Crippen LogP contribution >= 0.6 is 0 Å². The van der Waals surface area contributed by atoms with Gasteiger partial charge in [-0.05, 0) is 24.0 Å². The Labute approximate surface area is 157 Å². The van der Waals surface area contributed by atoms with Crippen LogP contribution in [-0.4, -0.2) is 42.3 Å². The Kier molecular flexibility index (Phi) is 5.72. The Morgan fingerprint density at radius 3 is 2.73 bits per heavy atom. The quantitative estimate of drug-likeness (QED) is 0.768. The molecule has 3 aliphatic rings. The van der Waals surface area contributed by atoms with Crippen LogP contribution in [0.3, 0.4) is 0 Å². The number of hydrogen-bond donors (Lipinski definition) is 0. The van der Waals surface area contributed by atoms with Gasteiger partial charge in [-0.25, -0.2) is 4.99 Å². The third-order valence-electron chi connectivity index (χ3n) is 5.70. The van der Waals surface area contributed by atoms with Crippen molar-refractivity contribution in [2.75, 3.05) is 26.2 Å². The summed E-state index contributed by atoms with van der Waals surface area (Å²) in [4.78, 5) is 9.56. The molecule has 136 valence electrons. The number of benzene rings is 1. The van der Waals surface area contributed by atoms with Gasteiger partial charge in [-0.2, -0.15) is 0 Å². The largest absolute Gasteiger partial charge is 0.354 e. The number of rotatable bonds is 3. The van der Waals surface area contributed by atoms with E-state index in [1.807, 2.05) is 6.34 Å². The molecule has 0 saturated heterocycles. The molecule has 0 N–H and O–H groups in total. The van der Waals surface area contributed by atoms with Crippen LogP contribution in [-0.2, 0) is 6.54 Å². The standard InChI is InChI=1S/C23H29N3/c1-3-8-20(9-4-1)12-7-14-25-15-13-23-22(17-25)18-26(19-24-23)16-21-10-5-2-6-11-21/h2,5-6,10-11,19-20H,1,3-4,8-9,13-18H2. The average Bonchev–Trinajstić information content (AvgIpc) is 2.69. The van der Waals surface area contributed by atoms with E-state index in [0.29, 0.717) is 5.92 Å². The van der Waals surface area contributed by atoms with Crippen molar-refractivity contribution in [1.29, 1.82) is 0 Å². The van der Waals surface area contributed by atoms with E-state index in [1.165, 1.54) is 48.9 Å². The van der Waals surface area contributed by atoms with Crippen molar-refractivity contribution >= 4 is 6.34 Å². The fourth-order valence-corrected chi connectivity index (χ4v) is 4.21. The zero-order chi connectivity index (χ0) is 17.6. The first-order chi connectivity index (χ1) is 12.9. The third-order valence-corrected chi connectivity index (χ3v) is 5.70. The molecule has 0 radical (unpaired) electrons. The summed E-state index contributed by atoms with van der Waals surface area (Å²) in [5, 5.41) is 0. The molecule has 3 nitrogen and oxygen atoms in total. The van der Waals surface area contributed by atoms with E-state index in [9.17, 15) is 0 Å². The Hall–Kier alpha value is -2.05. The minimum atomic E-state index is 0.656. The summed E-state index contributed by atoms with van der Waals surface area (Å²) < 4.78 is 0. The number of aliphatic imine (C=N–C) groups is 1. The zero-order valence-electron chi connectivity index (χ0n) is 15.7. The fourth-order valence-electron chi connectivity index (χ4n) is 4.21. The normalized spacial score (nSPS) is 21.3. The van der Waals surface area contributed by atoms with Gasteiger partial charge in [0.15, 0.2) is 0 Å². The lowest BCUT2D eigenvalue weighted by Gasteiger charge is -2.33. The second-order valence-corrected chi connectivity index (χ2v) is 7.80. The maximum atomic E-state index is 4.74. The Bertz CT molecular complexity index is 717. The fraction of sp³-hybridized carbons (Fsp3) is 0.522. The lowest BCUT2D eigenvalue weighted by Crippen LogP contribution is -2.38. The van der Waals surface area contributed by atoms with Gasteiger partial charge >= 0.3 is 0 Å². The highest BCUT2D eigenvalue weighted by Gasteiger charge is 2.22. The highest BCUT2D eigenvalue weighted by atomic mass is 15.2. The van der Waals surface area contributed by atoms with Crippen LogP contribution in [0.25, 0.3) is 0 Å². The SMILES string of the molecule is C(#CC1CCCCC1)CN1CCC2=C(CN(Cc3ccccc3)C=N2)C1. The molecule has 1 saturated carbocycles. The summed E-state index contributed by atoms with van der Waals surface area (Å²) in [5.41, 5.74) is 4.13. The number of hydrogen-bond acceptors (Lipinski definition) is 3. The smallest absolute Gasteiger partial charge is 0.0914 e. The topological polar surface area (TPSA) is 18.8 Å². The molecule has 2 heterocycles. The molecule has 4 rings (SSSR count). The van der Waals surface area contributed by atoms with Crippen molar-refractivity contribution in [1.82, 2.24) is 9.80 Å². The minimum Gasteiger partial charge on any atom is -0.354 e. The third kappa shape index (κ3) is 4.56. The molecule has 1 fully saturated rings. The van der Waals surface area contributed by atoms with Gasteiger partial charge in [-0.3, -0.25) is 4.90 Å². The molecule has 0 bridgehead atoms. The highest BCUT2D eigenvalue weighted by molar-refractivity contribution is 5.60. The van der Waals surface area contributed by atoms with E-state index in [2.05, 4.69) is 52.0 Å². The van der Waals surface area contributed by atoms with Crippen LogP contribution in [0.15, 0.2) is 46.6 Å². The van der Waals surface area contributed by atoms with Gasteiger partial charge in [-0.15, -0.1) is 0 Å². The summed E-state index contributed by atoms with van der Waals surface area (Å²) in [6.45, 7) is 4.96. The molecule has 2 aliphatic heterocycles. The van der Waals surface area contributed by atoms with Crippen LogP contribution in [0.2, 0.25) is 0 Å². The van der Waals surface area contributed by atoms with Gasteiger partial charge in [0.05, 0.1) is 12.9 Å². The van der Waals surface area contributed by atoms with Gasteiger partial charge in [0, 0.05) is 44.2 Å². The van der Waals surface area contributed by atoms with Crippen molar-refractivity contribution in [3.63, 3.8) is 0 Å². The number of nitrogens with zero attached hydrogens (tertiary/aromatic N) is 3. The highest BCUT2D eigenvalue weighted by Crippen LogP contribution is 2.24. The maximum absolute atomic E-state index is 4.74. The van der Waals surface area contributed by atoms with Crippen molar-refractivity contribution in [2.45, 2.75) is 45.1 Å². The molecule has 26 heavy (non-hydrogen) atoms. The second-order valence-electron chi connectivity index (χ2n) is 7.80. The molecule has 0 unspecified atom stereocenters. The summed E-state index contributed by atoms with van der Waals surface area (Å²) in [6.07, 6.45) is 9.86. The van der Waals surface area contributed by atoms with Crippen LogP contribution in [0.1, 0.15) is 44.1 Å². The monoisotopic (exact) mass is 347 g/mol. The molecular weight excluding hydrogens is 318 g/mol. The molecule has 0 amide bonds. The van der Waals surface area contributed by atoms with Gasteiger partial charge in [0.1, 0.15) is 0 Å². The molecule has 1 aromatic rings. The van der Waals surface area contributed by atoms with Crippen LogP contribution in [0.4, 0.5) is 0 Å². The van der Waals surface area contributed by atoms with Gasteiger partial charge in [-0.1, -0.05) is 61.4 Å². The van der Waals surface area contributed by atoms with Crippen LogP contribution in [0.5, 0.6) is 0 Å². The first-order valence-corrected chi connectivity index (χ1v) is 10.1. The summed E-state index contributed by atoms with van der Waals surface area (Å²) in [6, 6.07) is 10.7. The van der Waals surface area contributed by atoms with Crippen LogP contribution in [0, 0.1) is 17.8 Å². The minimum absolute atomic E-state index is 0.656. The predicted molar refractivity (Wildman–Crippen MR) is 108 cm³/mol. The average molecular weight is 348 g/mol. The molecule has 0 spiro atoms. The molecule has 3 heteroatoms. The Balaban J connectivity index is 1.30. The lowest BCUT2D eigenvalue weighted by atomic mass is 9.90. The van der Waals surface area contributed by atoms with Crippen molar-refractivity contribution in [3.8, 4) is 11.8 Å². The first-order valence-electron chi connectivity index (χ1n) is 10.1. The van der Waals surface area contributed by atoms with Gasteiger partial charge in [0.25, 0.3) is 0 Å². The Morgan fingerprint density at radius 2 is 1.88 bits per heavy atom. The molecule has 1 aliphatic carbocycles. The molecule has 0 atom stereocenters. The van der Waals surface area contributed by atoms with E-state index in [1.54, 1.807) is 0 Å². The first kappa shape index (κ1) is 17.4. The van der Waals surface area contributed by atoms with Crippen molar-refractivity contribution in [3.05, 3.63) is 47.2 Å². The summed E-state index contributed by atoms with van der Waals surface area (Å²) in [7, 11) is 0. The van der Waals surface area contributed by atoms with Crippen molar-refractivity contribution < 1.29 is 0 Å². The van der Waals surface area contributed by atoms with E-state index < -0.39 is 0 Å². The van der Waals surface area contributed by atoms with Crippen LogP contribution < -0.4 is 0 Å². The lowest BCUT2D eigenvalue weighted by molar-refractivity contribution is 0.300. The predicted octanol–water partition coefficient (Wildman–Crippen LogP) is 4.07. The van der Waals surface area contributed by atoms with Crippen molar-refractivity contribution in [2.24, 2.45) is 10.9 Å². The van der Waals surface area contributed by atoms with E-state index in [0.717, 1.165) is 39.1 Å². The summed E-state index contributed by atoms with van der Waals surface area (Å²) in [5.74, 6) is 7.66. The molecular formula is C23H29N3. The van der Waals surface area contributed by atoms with E-state index >= 15 is 0 Å². The Morgan fingerprint density at radius 1 is 1.04 bits per heavy atom. The maximum Gasteiger partial charge on any atom is 0.0914 e. The van der Waals surface area contributed by atoms with Gasteiger partial charge in [0.2, 0.25) is 0 Å². The molecule has 1 aromatic carbocycles. The summed E-state index contributed by atoms with van der Waals surface area (Å²) >= 11 is 0. The molecule has 0 aromatic heterocycles. The van der Waals surface area contributed by atoms with E-state index in [4.69, 9.17) is 4.99 Å². The van der Waals surface area contributed by atoms with Gasteiger partial charge < -0.3 is 4.90 Å².